The summed E-state index contributed by atoms with van der Waals surface area (Å²) in [4.78, 5) is 33.4. The Morgan fingerprint density at radius 2 is 2.00 bits per heavy atom. The second-order valence-corrected chi connectivity index (χ2v) is 8.93. The Balaban J connectivity index is 1.77. The molecule has 0 atom stereocenters. The first kappa shape index (κ1) is 20.2. The van der Waals surface area contributed by atoms with Crippen LogP contribution < -0.4 is 20.3 Å². The number of carbonyl (C=O) groups excluding carboxylic acids is 2. The second kappa shape index (κ2) is 9.20. The normalized spacial score (nSPS) is 15.5. The van der Waals surface area contributed by atoms with Gasteiger partial charge in [0.2, 0.25) is 0 Å². The molecule has 1 aliphatic rings. The van der Waals surface area contributed by atoms with Crippen molar-refractivity contribution < 1.29 is 18.4 Å². The topological polar surface area (TPSA) is 130 Å². The van der Waals surface area contributed by atoms with Gasteiger partial charge in [0, 0.05) is 42.8 Å². The molecule has 35 heavy (non-hydrogen) atoms. The number of aromatic nitrogens is 5. The molecular formula is C23H29N9O3. The molecule has 12 heteroatoms. The first-order valence-electron chi connectivity index (χ1n) is 12.4. The van der Waals surface area contributed by atoms with Gasteiger partial charge in [0.1, 0.15) is 6.33 Å². The van der Waals surface area contributed by atoms with Crippen LogP contribution in [0.1, 0.15) is 35.4 Å². The minimum atomic E-state index is -2.74. The molecular weight excluding hydrogens is 450 g/mol. The van der Waals surface area contributed by atoms with Crippen molar-refractivity contribution in [3.8, 4) is 17.1 Å². The molecule has 0 spiro atoms. The highest BCUT2D eigenvalue weighted by atomic mass is 16.5. The standard InChI is InChI=1S/C23H29N9O3/c1-23(2,3)32-11-10-31(22(32)34)17-12-16(18(28-27-17)21(33)24-4)26-15-9-7-8-14(19(15)35-6)20-25-13-30(5)29-20/h7-9,12-13H,10-11H2,1-6H3,(H,24,33)(H,26,27)/i4D3. The Hall–Kier alpha value is -4.22. The molecule has 2 N–H and O–H groups in total. The molecule has 1 aromatic carbocycles. The number of hydrogen-bond donors (Lipinski definition) is 2. The molecule has 184 valence electrons. The molecule has 3 heterocycles. The van der Waals surface area contributed by atoms with Gasteiger partial charge >= 0.3 is 6.03 Å². The largest absolute Gasteiger partial charge is 0.494 e. The van der Waals surface area contributed by atoms with E-state index in [2.05, 4.69) is 25.6 Å². The highest BCUT2D eigenvalue weighted by molar-refractivity contribution is 6.00. The molecule has 1 fully saturated rings. The molecule has 0 aliphatic carbocycles. The van der Waals surface area contributed by atoms with Crippen LogP contribution in [0.5, 0.6) is 5.75 Å². The highest BCUT2D eigenvalue weighted by Crippen LogP contribution is 2.37. The van der Waals surface area contributed by atoms with E-state index in [0.29, 0.717) is 35.9 Å². The number of amides is 3. The summed E-state index contributed by atoms with van der Waals surface area (Å²) in [5.74, 6) is 0.0515. The van der Waals surface area contributed by atoms with Crippen LogP contribution in [-0.4, -0.2) is 74.5 Å². The number of methoxy groups -OCH3 is 1. The lowest BCUT2D eigenvalue weighted by Crippen LogP contribution is -2.44. The number of ether oxygens (including phenoxy) is 1. The maximum Gasteiger partial charge on any atom is 0.326 e. The van der Waals surface area contributed by atoms with Gasteiger partial charge in [0.15, 0.2) is 23.1 Å². The number of benzene rings is 1. The van der Waals surface area contributed by atoms with Crippen molar-refractivity contribution in [2.24, 2.45) is 7.05 Å². The zero-order valence-electron chi connectivity index (χ0n) is 23.2. The molecule has 0 unspecified atom stereocenters. The van der Waals surface area contributed by atoms with E-state index >= 15 is 0 Å². The Labute approximate surface area is 207 Å². The lowest BCUT2D eigenvalue weighted by atomic mass is 10.1. The molecule has 3 aromatic rings. The lowest BCUT2D eigenvalue weighted by molar-refractivity contribution is 0.0958. The summed E-state index contributed by atoms with van der Waals surface area (Å²) in [5, 5.41) is 17.5. The molecule has 4 rings (SSSR count). The molecule has 0 radical (unpaired) electrons. The minimum Gasteiger partial charge on any atom is -0.494 e. The highest BCUT2D eigenvalue weighted by Gasteiger charge is 2.37. The molecule has 0 saturated carbocycles. The SMILES string of the molecule is [2H]C([2H])([2H])NC(=O)c1nnc(N2CCN(C(C)(C)C)C2=O)cc1Nc1cccc(-c2ncn(C)n2)c1OC. The number of carbonyl (C=O) groups is 2. The summed E-state index contributed by atoms with van der Waals surface area (Å²) in [5.41, 5.74) is 0.483. The quantitative estimate of drug-likeness (QED) is 0.548. The van der Waals surface area contributed by atoms with Crippen molar-refractivity contribution in [1.29, 1.82) is 0 Å². The van der Waals surface area contributed by atoms with Crippen LogP contribution in [0.25, 0.3) is 11.4 Å². The van der Waals surface area contributed by atoms with E-state index in [1.165, 1.54) is 18.1 Å². The number of aryl methyl sites for hydroxylation is 1. The van der Waals surface area contributed by atoms with E-state index in [1.54, 1.807) is 41.2 Å². The number of hydrogen-bond acceptors (Lipinski definition) is 8. The zero-order valence-corrected chi connectivity index (χ0v) is 20.2. The fourth-order valence-corrected chi connectivity index (χ4v) is 3.85. The van der Waals surface area contributed by atoms with E-state index in [9.17, 15) is 9.59 Å². The van der Waals surface area contributed by atoms with E-state index in [0.717, 1.165) is 0 Å². The first-order valence-corrected chi connectivity index (χ1v) is 10.9. The number of nitrogens with zero attached hydrogens (tertiary/aromatic N) is 7. The van der Waals surface area contributed by atoms with Crippen LogP contribution in [0.2, 0.25) is 0 Å². The van der Waals surface area contributed by atoms with Crippen molar-refractivity contribution in [1.82, 2.24) is 35.2 Å². The average molecular weight is 483 g/mol. The monoisotopic (exact) mass is 482 g/mol. The maximum atomic E-state index is 13.1. The lowest BCUT2D eigenvalue weighted by Gasteiger charge is -2.31. The Kier molecular flexibility index (Phi) is 5.30. The summed E-state index contributed by atoms with van der Waals surface area (Å²) in [6.07, 6.45) is 1.55. The molecule has 2 aromatic heterocycles. The summed E-state index contributed by atoms with van der Waals surface area (Å²) < 4.78 is 29.4. The average Bonchev–Trinajstić information content (AvgIpc) is 3.43. The Bertz CT molecular complexity index is 1370. The first-order chi connectivity index (χ1) is 17.8. The number of para-hydroxylation sites is 1. The Morgan fingerprint density at radius 1 is 1.20 bits per heavy atom. The van der Waals surface area contributed by atoms with E-state index in [1.807, 2.05) is 26.1 Å². The van der Waals surface area contributed by atoms with Crippen molar-refractivity contribution in [2.75, 3.05) is 37.4 Å². The third kappa shape index (κ3) is 4.59. The van der Waals surface area contributed by atoms with Crippen molar-refractivity contribution in [3.05, 3.63) is 36.3 Å². The van der Waals surface area contributed by atoms with Crippen LogP contribution >= 0.6 is 0 Å². The maximum absolute atomic E-state index is 13.1. The van der Waals surface area contributed by atoms with Crippen LogP contribution in [0.4, 0.5) is 22.0 Å². The summed E-state index contributed by atoms with van der Waals surface area (Å²) in [7, 11) is 3.22. The summed E-state index contributed by atoms with van der Waals surface area (Å²) in [6, 6.07) is 6.47. The number of anilines is 3. The van der Waals surface area contributed by atoms with Gasteiger partial charge in [0.25, 0.3) is 5.91 Å². The second-order valence-electron chi connectivity index (χ2n) is 8.93. The van der Waals surface area contributed by atoms with Crippen LogP contribution in [0.15, 0.2) is 30.6 Å². The fraction of sp³-hybridized carbons (Fsp3) is 0.391. The minimum absolute atomic E-state index is 0.128. The number of rotatable bonds is 6. The molecule has 12 nitrogen and oxygen atoms in total. The smallest absolute Gasteiger partial charge is 0.326 e. The van der Waals surface area contributed by atoms with Gasteiger partial charge in [-0.25, -0.2) is 9.78 Å². The molecule has 1 saturated heterocycles. The molecule has 0 bridgehead atoms. The van der Waals surface area contributed by atoms with Crippen LogP contribution in [-0.2, 0) is 7.05 Å². The van der Waals surface area contributed by atoms with Crippen molar-refractivity contribution >= 4 is 29.1 Å². The van der Waals surface area contributed by atoms with Gasteiger partial charge in [-0.15, -0.1) is 10.2 Å². The van der Waals surface area contributed by atoms with Gasteiger partial charge in [-0.1, -0.05) is 6.07 Å². The third-order valence-electron chi connectivity index (χ3n) is 5.53. The molecule has 3 amide bonds. The predicted molar refractivity (Wildman–Crippen MR) is 131 cm³/mol. The number of nitrogens with one attached hydrogen (secondary N) is 2. The van der Waals surface area contributed by atoms with E-state index in [-0.39, 0.29) is 23.2 Å². The van der Waals surface area contributed by atoms with Gasteiger partial charge in [-0.2, -0.15) is 5.10 Å². The van der Waals surface area contributed by atoms with Gasteiger partial charge in [0.05, 0.1) is 24.0 Å². The zero-order chi connectivity index (χ0) is 27.8. The summed E-state index contributed by atoms with van der Waals surface area (Å²) in [6.45, 7) is 3.92. The Morgan fingerprint density at radius 3 is 2.63 bits per heavy atom. The van der Waals surface area contributed by atoms with Crippen molar-refractivity contribution in [2.45, 2.75) is 26.3 Å². The van der Waals surface area contributed by atoms with Crippen molar-refractivity contribution in [3.63, 3.8) is 0 Å². The van der Waals surface area contributed by atoms with E-state index < -0.39 is 18.4 Å². The summed E-state index contributed by atoms with van der Waals surface area (Å²) >= 11 is 0. The van der Waals surface area contributed by atoms with E-state index in [4.69, 9.17) is 8.85 Å². The van der Waals surface area contributed by atoms with Gasteiger partial charge in [-0.3, -0.25) is 14.4 Å². The predicted octanol–water partition coefficient (Wildman–Crippen LogP) is 2.42. The fourth-order valence-electron chi connectivity index (χ4n) is 3.85. The van der Waals surface area contributed by atoms with Gasteiger partial charge in [-0.05, 0) is 32.9 Å². The third-order valence-corrected chi connectivity index (χ3v) is 5.53. The van der Waals surface area contributed by atoms with Crippen LogP contribution in [0.3, 0.4) is 0 Å². The molecule has 1 aliphatic heterocycles. The number of urea groups is 1. The van der Waals surface area contributed by atoms with Gasteiger partial charge < -0.3 is 20.3 Å². The van der Waals surface area contributed by atoms with Crippen LogP contribution in [0, 0.1) is 0 Å².